The van der Waals surface area contributed by atoms with Crippen molar-refractivity contribution in [3.05, 3.63) is 46.5 Å². The number of morpholine rings is 1. The highest BCUT2D eigenvalue weighted by Gasteiger charge is 2.26. The zero-order chi connectivity index (χ0) is 22.5. The minimum Gasteiger partial charge on any atom is -0.373 e. The van der Waals surface area contributed by atoms with Crippen LogP contribution in [0.5, 0.6) is 0 Å². The number of hydrogen-bond donors (Lipinski definition) is 2. The van der Waals surface area contributed by atoms with Crippen LogP contribution >= 0.6 is 11.3 Å². The molecule has 2 aromatic rings. The first-order chi connectivity index (χ1) is 14.7. The molecule has 1 fully saturated rings. The lowest BCUT2D eigenvalue weighted by Crippen LogP contribution is -2.47. The molecule has 3 rings (SSSR count). The monoisotopic (exact) mass is 444 g/mol. The highest BCUT2D eigenvalue weighted by atomic mass is 32.1. The molecule has 3 atom stereocenters. The lowest BCUT2D eigenvalue weighted by Gasteiger charge is -2.34. The number of carbonyl (C=O) groups is 2. The van der Waals surface area contributed by atoms with E-state index in [9.17, 15) is 9.59 Å². The third kappa shape index (κ3) is 6.35. The van der Waals surface area contributed by atoms with E-state index >= 15 is 0 Å². The maximum absolute atomic E-state index is 12.9. The normalized spacial score (nSPS) is 20.5. The van der Waals surface area contributed by atoms with Crippen LogP contribution in [-0.4, -0.2) is 53.0 Å². The summed E-state index contributed by atoms with van der Waals surface area (Å²) >= 11 is 1.40. The van der Waals surface area contributed by atoms with Crippen molar-refractivity contribution >= 4 is 28.3 Å². The van der Waals surface area contributed by atoms with Gasteiger partial charge in [0, 0.05) is 30.6 Å². The number of nitrogens with zero attached hydrogens (tertiary/aromatic N) is 2. The fourth-order valence-corrected chi connectivity index (χ4v) is 4.55. The number of amides is 2. The molecule has 31 heavy (non-hydrogen) atoms. The van der Waals surface area contributed by atoms with Gasteiger partial charge in [-0.1, -0.05) is 32.0 Å². The van der Waals surface area contributed by atoms with Crippen LogP contribution in [0.15, 0.2) is 29.6 Å². The first-order valence-corrected chi connectivity index (χ1v) is 11.6. The second-order valence-electron chi connectivity index (χ2n) is 8.59. The van der Waals surface area contributed by atoms with Crippen LogP contribution in [0.2, 0.25) is 0 Å². The first-order valence-electron chi connectivity index (χ1n) is 10.7. The molecule has 1 aromatic heterocycles. The van der Waals surface area contributed by atoms with Gasteiger partial charge in [0.15, 0.2) is 5.13 Å². The second kappa shape index (κ2) is 10.3. The van der Waals surface area contributed by atoms with E-state index in [-0.39, 0.29) is 29.9 Å². The molecule has 2 amide bonds. The van der Waals surface area contributed by atoms with Crippen molar-refractivity contribution in [1.29, 1.82) is 0 Å². The summed E-state index contributed by atoms with van der Waals surface area (Å²) in [5.41, 5.74) is 2.37. The Balaban J connectivity index is 1.61. The van der Waals surface area contributed by atoms with Crippen LogP contribution in [0.25, 0.3) is 0 Å². The quantitative estimate of drug-likeness (QED) is 0.683. The highest BCUT2D eigenvalue weighted by Crippen LogP contribution is 2.20. The Morgan fingerprint density at radius 3 is 2.55 bits per heavy atom. The first kappa shape index (κ1) is 23.4. The van der Waals surface area contributed by atoms with E-state index < -0.39 is 6.04 Å². The van der Waals surface area contributed by atoms with Gasteiger partial charge in [-0.05, 0) is 38.3 Å². The summed E-state index contributed by atoms with van der Waals surface area (Å²) in [5, 5.41) is 8.28. The summed E-state index contributed by atoms with van der Waals surface area (Å²) in [6, 6.07) is 6.70. The predicted molar refractivity (Wildman–Crippen MR) is 123 cm³/mol. The maximum atomic E-state index is 12.9. The molecule has 2 N–H and O–H groups in total. The third-order valence-corrected chi connectivity index (χ3v) is 6.09. The Kier molecular flexibility index (Phi) is 7.80. The number of rotatable bonds is 7. The van der Waals surface area contributed by atoms with E-state index in [1.165, 1.54) is 11.3 Å². The molecule has 0 bridgehead atoms. The highest BCUT2D eigenvalue weighted by molar-refractivity contribution is 7.13. The van der Waals surface area contributed by atoms with Crippen molar-refractivity contribution in [2.45, 2.75) is 59.4 Å². The van der Waals surface area contributed by atoms with Crippen molar-refractivity contribution < 1.29 is 14.3 Å². The molecule has 2 heterocycles. The van der Waals surface area contributed by atoms with Crippen molar-refractivity contribution in [2.24, 2.45) is 5.92 Å². The topological polar surface area (TPSA) is 83.6 Å². The fourth-order valence-electron chi connectivity index (χ4n) is 3.84. The number of anilines is 1. The molecule has 1 aliphatic heterocycles. The zero-order valence-corrected chi connectivity index (χ0v) is 19.7. The molecule has 0 aliphatic carbocycles. The number of nitrogens with one attached hydrogen (secondary N) is 2. The van der Waals surface area contributed by atoms with Crippen LogP contribution in [0.3, 0.4) is 0 Å². The van der Waals surface area contributed by atoms with Crippen LogP contribution < -0.4 is 10.6 Å². The van der Waals surface area contributed by atoms with Crippen LogP contribution in [-0.2, 0) is 16.1 Å². The minimum absolute atomic E-state index is 0.0660. The SMILES string of the molecule is Cc1ccccc1C(=O)N[C@@H](C(=O)Nc1nc(CN2C[C@@H](C)O[C@@H](C)C2)cs1)C(C)C. The summed E-state index contributed by atoms with van der Waals surface area (Å²) in [5.74, 6) is -0.572. The van der Waals surface area contributed by atoms with Crippen LogP contribution in [0.1, 0.15) is 49.3 Å². The van der Waals surface area contributed by atoms with Gasteiger partial charge in [-0.25, -0.2) is 4.98 Å². The predicted octanol–water partition coefficient (Wildman–Crippen LogP) is 3.45. The van der Waals surface area contributed by atoms with Crippen molar-refractivity contribution in [2.75, 3.05) is 18.4 Å². The number of aromatic nitrogens is 1. The summed E-state index contributed by atoms with van der Waals surface area (Å²) in [6.45, 7) is 12.3. The van der Waals surface area contributed by atoms with E-state index in [0.29, 0.717) is 10.7 Å². The summed E-state index contributed by atoms with van der Waals surface area (Å²) in [4.78, 5) is 32.5. The van der Waals surface area contributed by atoms with Gasteiger partial charge in [-0.3, -0.25) is 14.5 Å². The van der Waals surface area contributed by atoms with Gasteiger partial charge in [-0.15, -0.1) is 11.3 Å². The molecule has 0 spiro atoms. The molecule has 0 saturated carbocycles. The van der Waals surface area contributed by atoms with Crippen molar-refractivity contribution in [3.8, 4) is 0 Å². The third-order valence-electron chi connectivity index (χ3n) is 5.29. The molecule has 8 heteroatoms. The number of thiazole rings is 1. The molecule has 1 aliphatic rings. The fraction of sp³-hybridized carbons (Fsp3) is 0.522. The zero-order valence-electron chi connectivity index (χ0n) is 18.8. The number of benzene rings is 1. The van der Waals surface area contributed by atoms with Gasteiger partial charge in [0.05, 0.1) is 17.9 Å². The van der Waals surface area contributed by atoms with Crippen LogP contribution in [0.4, 0.5) is 5.13 Å². The summed E-state index contributed by atoms with van der Waals surface area (Å²) < 4.78 is 5.78. The minimum atomic E-state index is -0.652. The average molecular weight is 445 g/mol. The lowest BCUT2D eigenvalue weighted by molar-refractivity contribution is -0.118. The Morgan fingerprint density at radius 1 is 1.23 bits per heavy atom. The molecule has 0 unspecified atom stereocenters. The molecule has 168 valence electrons. The Bertz CT molecular complexity index is 904. The van der Waals surface area contributed by atoms with Gasteiger partial charge in [0.2, 0.25) is 5.91 Å². The average Bonchev–Trinajstić information content (AvgIpc) is 3.11. The standard InChI is InChI=1S/C23H32N4O3S/c1-14(2)20(25-21(28)19-9-7-6-8-15(19)3)22(29)26-23-24-18(13-31-23)12-27-10-16(4)30-17(5)11-27/h6-9,13-14,16-17,20H,10-12H2,1-5H3,(H,25,28)(H,24,26,29)/t16-,17+,20-/m1/s1. The van der Waals surface area contributed by atoms with E-state index in [2.05, 4.69) is 34.4 Å². The molecular weight excluding hydrogens is 412 g/mol. The maximum Gasteiger partial charge on any atom is 0.252 e. The number of aryl methyl sites for hydroxylation is 1. The van der Waals surface area contributed by atoms with Gasteiger partial charge < -0.3 is 15.4 Å². The van der Waals surface area contributed by atoms with E-state index in [4.69, 9.17) is 4.74 Å². The number of ether oxygens (including phenoxy) is 1. The van der Waals surface area contributed by atoms with Gasteiger partial charge in [0.25, 0.3) is 5.91 Å². The van der Waals surface area contributed by atoms with Gasteiger partial charge >= 0.3 is 0 Å². The van der Waals surface area contributed by atoms with Crippen LogP contribution in [0, 0.1) is 12.8 Å². The van der Waals surface area contributed by atoms with Crippen molar-refractivity contribution in [3.63, 3.8) is 0 Å². The Labute approximate surface area is 188 Å². The molecule has 0 radical (unpaired) electrons. The molecule has 1 aromatic carbocycles. The molecular formula is C23H32N4O3S. The largest absolute Gasteiger partial charge is 0.373 e. The van der Waals surface area contributed by atoms with E-state index in [1.54, 1.807) is 6.07 Å². The Hall–Kier alpha value is -2.29. The van der Waals surface area contributed by atoms with E-state index in [1.807, 2.05) is 44.4 Å². The van der Waals surface area contributed by atoms with E-state index in [0.717, 1.165) is 30.9 Å². The Morgan fingerprint density at radius 2 is 1.90 bits per heavy atom. The summed E-state index contributed by atoms with van der Waals surface area (Å²) in [6.07, 6.45) is 0.399. The number of carbonyl (C=O) groups excluding carboxylic acids is 2. The molecule has 7 nitrogen and oxygen atoms in total. The molecule has 1 saturated heterocycles. The van der Waals surface area contributed by atoms with Crippen molar-refractivity contribution in [1.82, 2.24) is 15.2 Å². The van der Waals surface area contributed by atoms with Gasteiger partial charge in [-0.2, -0.15) is 0 Å². The second-order valence-corrected chi connectivity index (χ2v) is 9.45. The smallest absolute Gasteiger partial charge is 0.252 e. The lowest BCUT2D eigenvalue weighted by atomic mass is 10.0. The summed E-state index contributed by atoms with van der Waals surface area (Å²) in [7, 11) is 0. The van der Waals surface area contributed by atoms with Gasteiger partial charge in [0.1, 0.15) is 6.04 Å². The number of hydrogen-bond acceptors (Lipinski definition) is 6.